The van der Waals surface area contributed by atoms with Gasteiger partial charge in [0.25, 0.3) is 0 Å². The van der Waals surface area contributed by atoms with Crippen molar-refractivity contribution >= 4 is 0 Å². The van der Waals surface area contributed by atoms with Crippen molar-refractivity contribution in [3.05, 3.63) is 23.8 Å². The SMILES string of the molecule is C=C(CC[C@@H](C)[C@H]1[C@@H](O)C[C@H]2[C@H]3[C@H]([C@H](O)C[C@]12C)[C@@]1(C)CC[C@H](O)CC1=C[C@H]3O)C(C)C. The van der Waals surface area contributed by atoms with E-state index in [0.717, 1.165) is 31.3 Å². The number of aliphatic hydroxyl groups is 4. The molecule has 0 unspecified atom stereocenters. The van der Waals surface area contributed by atoms with Gasteiger partial charge in [-0.1, -0.05) is 58.4 Å². The Labute approximate surface area is 194 Å². The molecule has 4 rings (SSSR count). The van der Waals surface area contributed by atoms with Crippen molar-refractivity contribution < 1.29 is 20.4 Å². The van der Waals surface area contributed by atoms with Crippen molar-refractivity contribution in [1.29, 1.82) is 0 Å². The van der Waals surface area contributed by atoms with E-state index in [0.29, 0.717) is 31.1 Å². The zero-order valence-electron chi connectivity index (χ0n) is 20.8. The Bertz CT molecular complexity index is 759. The maximum Gasteiger partial charge on any atom is 0.0758 e. The predicted molar refractivity (Wildman–Crippen MR) is 128 cm³/mol. The van der Waals surface area contributed by atoms with E-state index >= 15 is 0 Å². The lowest BCUT2D eigenvalue weighted by Crippen LogP contribution is -2.60. The second-order valence-electron chi connectivity index (χ2n) is 12.6. The van der Waals surface area contributed by atoms with E-state index in [4.69, 9.17) is 0 Å². The van der Waals surface area contributed by atoms with Gasteiger partial charge in [0, 0.05) is 0 Å². The van der Waals surface area contributed by atoms with Crippen LogP contribution < -0.4 is 0 Å². The number of allylic oxidation sites excluding steroid dienone is 1. The number of aliphatic hydroxyl groups excluding tert-OH is 4. The van der Waals surface area contributed by atoms with Crippen LogP contribution in [0, 0.1) is 46.3 Å². The number of rotatable bonds is 5. The molecule has 182 valence electrons. The third-order valence-electron chi connectivity index (χ3n) is 10.5. The van der Waals surface area contributed by atoms with Gasteiger partial charge in [-0.3, -0.25) is 0 Å². The number of hydrogen-bond donors (Lipinski definition) is 4. The van der Waals surface area contributed by atoms with Crippen molar-refractivity contribution in [2.45, 2.75) is 104 Å². The maximum absolute atomic E-state index is 11.6. The molecule has 4 aliphatic carbocycles. The molecule has 4 N–H and O–H groups in total. The lowest BCUT2D eigenvalue weighted by molar-refractivity contribution is -0.156. The van der Waals surface area contributed by atoms with Crippen LogP contribution in [0.2, 0.25) is 0 Å². The molecule has 3 fully saturated rings. The minimum Gasteiger partial charge on any atom is -0.393 e. The zero-order valence-corrected chi connectivity index (χ0v) is 20.8. The minimum absolute atomic E-state index is 0.00921. The average Bonchev–Trinajstić information content (AvgIpc) is 2.96. The average molecular weight is 447 g/mol. The summed E-state index contributed by atoms with van der Waals surface area (Å²) in [6.07, 6.45) is 5.75. The Morgan fingerprint density at radius 3 is 2.47 bits per heavy atom. The molecule has 0 bridgehead atoms. The van der Waals surface area contributed by atoms with Crippen LogP contribution >= 0.6 is 0 Å². The highest BCUT2D eigenvalue weighted by Crippen LogP contribution is 2.67. The molecule has 4 nitrogen and oxygen atoms in total. The fourth-order valence-electron chi connectivity index (χ4n) is 8.71. The molecule has 0 heterocycles. The van der Waals surface area contributed by atoms with Gasteiger partial charge >= 0.3 is 0 Å². The third-order valence-corrected chi connectivity index (χ3v) is 10.5. The summed E-state index contributed by atoms with van der Waals surface area (Å²) in [5, 5.41) is 44.4. The van der Waals surface area contributed by atoms with Gasteiger partial charge in [-0.15, -0.1) is 0 Å². The van der Waals surface area contributed by atoms with E-state index in [1.165, 1.54) is 5.57 Å². The zero-order chi connectivity index (χ0) is 23.6. The second-order valence-corrected chi connectivity index (χ2v) is 12.6. The Morgan fingerprint density at radius 2 is 1.81 bits per heavy atom. The van der Waals surface area contributed by atoms with Crippen LogP contribution in [0.15, 0.2) is 23.8 Å². The van der Waals surface area contributed by atoms with Gasteiger partial charge in [-0.05, 0) is 91.3 Å². The van der Waals surface area contributed by atoms with Crippen LogP contribution in [0.3, 0.4) is 0 Å². The molecule has 0 amide bonds. The molecule has 4 aliphatic rings. The van der Waals surface area contributed by atoms with Crippen molar-refractivity contribution in [3.8, 4) is 0 Å². The predicted octanol–water partition coefficient (Wildman–Crippen LogP) is 4.47. The molecule has 0 aromatic carbocycles. The van der Waals surface area contributed by atoms with E-state index in [2.05, 4.69) is 41.2 Å². The molecule has 0 aliphatic heterocycles. The fraction of sp³-hybridized carbons (Fsp3) is 0.857. The molecule has 0 aromatic rings. The summed E-state index contributed by atoms with van der Waals surface area (Å²) >= 11 is 0. The molecule has 0 aromatic heterocycles. The van der Waals surface area contributed by atoms with Crippen molar-refractivity contribution in [2.75, 3.05) is 0 Å². The van der Waals surface area contributed by atoms with E-state index in [1.807, 2.05) is 6.08 Å². The smallest absolute Gasteiger partial charge is 0.0758 e. The Kier molecular flexibility index (Phi) is 6.51. The molecule has 0 spiro atoms. The topological polar surface area (TPSA) is 80.9 Å². The summed E-state index contributed by atoms with van der Waals surface area (Å²) in [4.78, 5) is 0. The first-order valence-electron chi connectivity index (χ1n) is 13.0. The fourth-order valence-corrected chi connectivity index (χ4v) is 8.71. The van der Waals surface area contributed by atoms with Gasteiger partial charge in [-0.25, -0.2) is 0 Å². The largest absolute Gasteiger partial charge is 0.393 e. The van der Waals surface area contributed by atoms with Gasteiger partial charge in [-0.2, -0.15) is 0 Å². The number of fused-ring (bicyclic) bond motifs is 5. The van der Waals surface area contributed by atoms with Gasteiger partial charge < -0.3 is 20.4 Å². The molecule has 0 radical (unpaired) electrons. The Hall–Kier alpha value is -0.680. The summed E-state index contributed by atoms with van der Waals surface area (Å²) in [6, 6.07) is 0. The standard InChI is InChI=1S/C28H46O4/c1-15(2)16(3)7-8-17(4)25-22(31)13-20-24-21(30)12-18-11-19(29)9-10-27(18,5)26(24)23(32)14-28(20,25)6/h12,15,17,19-26,29-32H,3,7-11,13-14H2,1-2,4-6H3/t17-,19+,20+,21-,22+,23-,24-,25+,26+,27+,28+/m1/s1. The van der Waals surface area contributed by atoms with E-state index in [-0.39, 0.29) is 40.6 Å². The van der Waals surface area contributed by atoms with E-state index in [1.54, 1.807) is 0 Å². The van der Waals surface area contributed by atoms with Crippen LogP contribution in [0.1, 0.15) is 79.6 Å². The molecule has 4 heteroatoms. The highest BCUT2D eigenvalue weighted by Gasteiger charge is 2.65. The first kappa shape index (κ1) is 24.4. The van der Waals surface area contributed by atoms with Crippen molar-refractivity contribution in [1.82, 2.24) is 0 Å². The van der Waals surface area contributed by atoms with E-state index in [9.17, 15) is 20.4 Å². The minimum atomic E-state index is -0.616. The summed E-state index contributed by atoms with van der Waals surface area (Å²) in [7, 11) is 0. The Balaban J connectivity index is 1.63. The van der Waals surface area contributed by atoms with Gasteiger partial charge in [0.2, 0.25) is 0 Å². The van der Waals surface area contributed by atoms with Gasteiger partial charge in [0.05, 0.1) is 24.4 Å². The summed E-state index contributed by atoms with van der Waals surface area (Å²) < 4.78 is 0. The van der Waals surface area contributed by atoms with Crippen LogP contribution in [0.5, 0.6) is 0 Å². The van der Waals surface area contributed by atoms with Crippen molar-refractivity contribution in [2.24, 2.45) is 46.3 Å². The number of hydrogen-bond acceptors (Lipinski definition) is 4. The second kappa shape index (κ2) is 8.52. The first-order valence-corrected chi connectivity index (χ1v) is 13.0. The molecular weight excluding hydrogens is 400 g/mol. The van der Waals surface area contributed by atoms with E-state index < -0.39 is 18.3 Å². The lowest BCUT2D eigenvalue weighted by Gasteiger charge is -2.61. The lowest BCUT2D eigenvalue weighted by atomic mass is 9.45. The van der Waals surface area contributed by atoms with Gasteiger partial charge in [0.15, 0.2) is 0 Å². The molecular formula is C28H46O4. The van der Waals surface area contributed by atoms with Gasteiger partial charge in [0.1, 0.15) is 0 Å². The molecule has 11 atom stereocenters. The van der Waals surface area contributed by atoms with Crippen LogP contribution in [-0.2, 0) is 0 Å². The summed E-state index contributed by atoms with van der Waals surface area (Å²) in [5.74, 6) is 1.09. The van der Waals surface area contributed by atoms with Crippen LogP contribution in [-0.4, -0.2) is 44.8 Å². The van der Waals surface area contributed by atoms with Crippen LogP contribution in [0.25, 0.3) is 0 Å². The molecule has 0 saturated heterocycles. The normalized spacial score (nSPS) is 49.1. The van der Waals surface area contributed by atoms with Crippen LogP contribution in [0.4, 0.5) is 0 Å². The Morgan fingerprint density at radius 1 is 1.12 bits per heavy atom. The maximum atomic E-state index is 11.6. The summed E-state index contributed by atoms with van der Waals surface area (Å²) in [5.41, 5.74) is 2.04. The third kappa shape index (κ3) is 3.74. The molecule has 3 saturated carbocycles. The quantitative estimate of drug-likeness (QED) is 0.470. The molecule has 32 heavy (non-hydrogen) atoms. The highest BCUT2D eigenvalue weighted by atomic mass is 16.3. The van der Waals surface area contributed by atoms with Crippen molar-refractivity contribution in [3.63, 3.8) is 0 Å². The first-order chi connectivity index (χ1) is 14.9. The monoisotopic (exact) mass is 446 g/mol. The highest BCUT2D eigenvalue weighted by molar-refractivity contribution is 5.29. The summed E-state index contributed by atoms with van der Waals surface area (Å²) in [6.45, 7) is 15.4.